The van der Waals surface area contributed by atoms with Crippen LogP contribution in [0.4, 0.5) is 11.4 Å². The Kier molecular flexibility index (Phi) is 30.3. The Labute approximate surface area is 786 Å². The van der Waals surface area contributed by atoms with Crippen LogP contribution in [0.2, 0.25) is 0 Å². The fourth-order valence-electron chi connectivity index (χ4n) is 14.0. The molecule has 28 nitrogen and oxygen atoms in total. The number of aromatic carboxylic acids is 6. The SMILES string of the molecule is C=[N+]([O-])c1ccc(-n2ccc(-c3cccc(C(=O)O)c3)n2)cc1.CN(C)c1cccc(-n2ccc(-c3cccc(C(=O)O)c3)n2)c1.Cc1ccc(-n2ccc(-c3cccc(C(=O)O)c3)n2)cc1.Cc1cccc(-n2ccc(-c3cccc(C(=O)O)c3)n2)c1.Cc1cccc(-n2ccc(-c3cccc(C(=O)O)c3)n2)c1.O=C(O)c1cccc(-c2ccn(-c3cccc(OCc4ccccc4)c3)n2)c1. The van der Waals surface area contributed by atoms with Crippen molar-refractivity contribution in [3.8, 4) is 107 Å². The van der Waals surface area contributed by atoms with Crippen molar-refractivity contribution in [2.24, 2.45) is 0 Å². The molecular weight excluding hydrogens is 1730 g/mol. The second-order valence-corrected chi connectivity index (χ2v) is 31.3. The molecule has 6 heterocycles. The molecule has 137 heavy (non-hydrogen) atoms. The summed E-state index contributed by atoms with van der Waals surface area (Å²) in [6.45, 7) is 9.88. The summed E-state index contributed by atoms with van der Waals surface area (Å²) in [7, 11) is 3.98. The van der Waals surface area contributed by atoms with Gasteiger partial charge in [0.15, 0.2) is 0 Å². The van der Waals surface area contributed by atoms with Crippen LogP contribution < -0.4 is 9.64 Å². The monoisotopic (exact) mass is 1820 g/mol. The van der Waals surface area contributed by atoms with Crippen molar-refractivity contribution in [2.45, 2.75) is 27.4 Å². The summed E-state index contributed by atoms with van der Waals surface area (Å²) in [4.78, 5) is 68.4. The second kappa shape index (κ2) is 44.1. The summed E-state index contributed by atoms with van der Waals surface area (Å²) in [6, 6.07) is 108. The third-order valence-corrected chi connectivity index (χ3v) is 21.1. The molecule has 19 rings (SSSR count). The van der Waals surface area contributed by atoms with Crippen LogP contribution in [0.15, 0.2) is 395 Å². The number of rotatable bonds is 23. The molecule has 6 aromatic heterocycles. The van der Waals surface area contributed by atoms with E-state index in [-0.39, 0.29) is 33.4 Å². The topological polar surface area (TPSA) is 369 Å². The predicted molar refractivity (Wildman–Crippen MR) is 525 cm³/mol. The lowest BCUT2D eigenvalue weighted by molar-refractivity contribution is -0.349. The number of ether oxygens (including phenoxy) is 1. The van der Waals surface area contributed by atoms with E-state index in [1.54, 1.807) is 174 Å². The average Bonchev–Trinajstić information content (AvgIpc) is 1.70. The van der Waals surface area contributed by atoms with Crippen molar-refractivity contribution in [2.75, 3.05) is 19.0 Å². The molecule has 0 atom stereocenters. The highest BCUT2D eigenvalue weighted by atomic mass is 16.5. The Bertz CT molecular complexity index is 7380. The van der Waals surface area contributed by atoms with Crippen molar-refractivity contribution >= 4 is 53.9 Å². The normalized spacial score (nSPS) is 10.5. The van der Waals surface area contributed by atoms with Gasteiger partial charge in [-0.3, -0.25) is 0 Å². The van der Waals surface area contributed by atoms with Crippen LogP contribution in [0.5, 0.6) is 5.75 Å². The van der Waals surface area contributed by atoms with E-state index in [2.05, 4.69) is 37.3 Å². The minimum Gasteiger partial charge on any atom is -0.619 e. The van der Waals surface area contributed by atoms with Crippen LogP contribution >= 0.6 is 0 Å². The zero-order chi connectivity index (χ0) is 96.6. The second-order valence-electron chi connectivity index (χ2n) is 31.3. The molecule has 0 saturated carbocycles. The van der Waals surface area contributed by atoms with Crippen LogP contribution in [-0.4, -0.2) is 151 Å². The van der Waals surface area contributed by atoms with Crippen LogP contribution in [0.1, 0.15) is 84.4 Å². The van der Waals surface area contributed by atoms with E-state index < -0.39 is 35.8 Å². The first-order valence-electron chi connectivity index (χ1n) is 42.7. The van der Waals surface area contributed by atoms with E-state index in [9.17, 15) is 34.0 Å². The third kappa shape index (κ3) is 25.2. The van der Waals surface area contributed by atoms with Crippen LogP contribution in [0.3, 0.4) is 0 Å². The highest BCUT2D eigenvalue weighted by Crippen LogP contribution is 2.30. The van der Waals surface area contributed by atoms with Gasteiger partial charge in [-0.25, -0.2) is 56.9 Å². The Morgan fingerprint density at radius 2 is 0.562 bits per heavy atom. The van der Waals surface area contributed by atoms with Crippen LogP contribution in [0, 0.1) is 26.0 Å². The molecule has 0 unspecified atom stereocenters. The van der Waals surface area contributed by atoms with Gasteiger partial charge in [-0.2, -0.15) is 35.3 Å². The van der Waals surface area contributed by atoms with Crippen molar-refractivity contribution < 1.29 is 68.9 Å². The van der Waals surface area contributed by atoms with Gasteiger partial charge in [0.05, 0.1) is 102 Å². The quantitative estimate of drug-likeness (QED) is 0.0150. The van der Waals surface area contributed by atoms with E-state index in [4.69, 9.17) is 35.4 Å². The summed E-state index contributed by atoms with van der Waals surface area (Å²) in [6.07, 6.45) is 11.1. The summed E-state index contributed by atoms with van der Waals surface area (Å²) >= 11 is 0. The lowest BCUT2D eigenvalue weighted by Gasteiger charge is -2.13. The van der Waals surface area contributed by atoms with Gasteiger partial charge in [0.1, 0.15) is 19.1 Å². The van der Waals surface area contributed by atoms with E-state index in [1.807, 2.05) is 283 Å². The number of nitrogens with zero attached hydrogens (tertiary/aromatic N) is 14. The Hall–Kier alpha value is -19.0. The largest absolute Gasteiger partial charge is 0.619 e. The Morgan fingerprint density at radius 1 is 0.292 bits per heavy atom. The van der Waals surface area contributed by atoms with E-state index in [0.29, 0.717) is 28.4 Å². The molecule has 0 bridgehead atoms. The number of benzene rings is 13. The molecule has 680 valence electrons. The van der Waals surface area contributed by atoms with E-state index >= 15 is 0 Å². The zero-order valence-corrected chi connectivity index (χ0v) is 74.7. The molecule has 0 aliphatic rings. The molecular formula is C109H90N14O14. The van der Waals surface area contributed by atoms with Gasteiger partial charge >= 0.3 is 35.8 Å². The lowest BCUT2D eigenvalue weighted by Crippen LogP contribution is -2.09. The molecule has 0 radical (unpaired) electrons. The van der Waals surface area contributed by atoms with Gasteiger partial charge < -0.3 is 45.5 Å². The number of aromatic nitrogens is 12. The van der Waals surface area contributed by atoms with Gasteiger partial charge in [-0.05, 0) is 226 Å². The maximum Gasteiger partial charge on any atom is 0.335 e. The van der Waals surface area contributed by atoms with Crippen LogP contribution in [-0.2, 0) is 6.61 Å². The van der Waals surface area contributed by atoms with E-state index in [0.717, 1.165) is 118 Å². The Morgan fingerprint density at radius 3 is 0.854 bits per heavy atom. The fraction of sp³-hybridized carbons (Fsp3) is 0.0550. The van der Waals surface area contributed by atoms with Crippen LogP contribution in [0.25, 0.3) is 102 Å². The van der Waals surface area contributed by atoms with Gasteiger partial charge in [0, 0.05) is 109 Å². The maximum absolute atomic E-state index is 11.2. The van der Waals surface area contributed by atoms with Gasteiger partial charge in [0.2, 0.25) is 5.69 Å². The molecule has 0 fully saturated rings. The lowest BCUT2D eigenvalue weighted by atomic mass is 10.1. The predicted octanol–water partition coefficient (Wildman–Crippen LogP) is 21.8. The summed E-state index contributed by atoms with van der Waals surface area (Å²) in [5.41, 5.74) is 22.2. The van der Waals surface area contributed by atoms with Gasteiger partial charge in [-0.1, -0.05) is 157 Å². The van der Waals surface area contributed by atoms with E-state index in [1.165, 1.54) is 11.6 Å². The minimum absolute atomic E-state index is 0.215. The number of aryl methyl sites for hydroxylation is 3. The summed E-state index contributed by atoms with van der Waals surface area (Å²) < 4.78 is 17.0. The average molecular weight is 1820 g/mol. The van der Waals surface area contributed by atoms with Crippen molar-refractivity contribution in [1.82, 2.24) is 58.7 Å². The van der Waals surface area contributed by atoms with Crippen molar-refractivity contribution in [1.29, 1.82) is 0 Å². The molecule has 6 N–H and O–H groups in total. The Balaban J connectivity index is 0.000000132. The molecule has 0 saturated heterocycles. The molecule has 0 amide bonds. The molecule has 19 aromatic rings. The number of carbonyl (C=O) groups is 6. The number of carboxylic acids is 6. The summed E-state index contributed by atoms with van der Waals surface area (Å²) in [5.74, 6) is -4.92. The minimum atomic E-state index is -0.975. The molecule has 28 heteroatoms. The fourth-order valence-corrected chi connectivity index (χ4v) is 14.0. The molecule has 13 aromatic carbocycles. The number of hydrogen-bond donors (Lipinski definition) is 6. The maximum atomic E-state index is 11.2. The van der Waals surface area contributed by atoms with Crippen molar-refractivity contribution in [3.05, 3.63) is 456 Å². The highest BCUT2D eigenvalue weighted by Gasteiger charge is 2.17. The van der Waals surface area contributed by atoms with Gasteiger partial charge in [0.25, 0.3) is 0 Å². The summed E-state index contributed by atoms with van der Waals surface area (Å²) in [5, 5.41) is 92.7. The van der Waals surface area contributed by atoms with Gasteiger partial charge in [-0.15, -0.1) is 0 Å². The number of hydrogen-bond acceptors (Lipinski definition) is 15. The molecule has 0 aliphatic carbocycles. The smallest absolute Gasteiger partial charge is 0.335 e. The third-order valence-electron chi connectivity index (χ3n) is 21.1. The first-order chi connectivity index (χ1) is 66.2. The number of anilines is 1. The van der Waals surface area contributed by atoms with Crippen molar-refractivity contribution in [3.63, 3.8) is 0 Å². The molecule has 0 aliphatic heterocycles. The first kappa shape index (κ1) is 94.1. The zero-order valence-electron chi connectivity index (χ0n) is 74.7. The standard InChI is InChI=1S/C23H18N2O3.C18H17N3O2.C17H13N3O3.3C17H14N2O2/c26-23(27)19-9-4-8-18(14-19)22-12-13-25(24-22)20-10-5-11-21(15-20)28-16-17-6-2-1-3-7-17;1-20(2)15-7-4-8-16(12-15)21-10-9-17(19-21)13-5-3-6-14(11-13)18(22)23;1-19(23)14-5-7-15(8-6-14)20-10-9-16(18-20)12-3-2-4-13(11-12)17(21)22;2*1-12-4-2-7-15(10-12)19-9-8-16(18-19)13-5-3-6-14(11-13)17(20)21;1-12-5-7-15(8-6-12)19-10-9-16(18-19)13-3-2-4-14(11-13)17(20)21/h1-15H,16H2,(H,26,27);3-12H,1-2H3,(H,22,23);2-11H,1H2,(H,21,22);3*2-11H,1H3,(H,20,21). The first-order valence-corrected chi connectivity index (χ1v) is 42.7. The molecule has 0 spiro atoms. The number of carboxylic acid groups (broad SMARTS) is 6. The highest BCUT2D eigenvalue weighted by molar-refractivity contribution is 5.93.